The first kappa shape index (κ1) is 22.4. The number of anilines is 2. The molecule has 0 saturated heterocycles. The number of benzene rings is 2. The molecule has 0 aromatic heterocycles. The molecule has 1 aliphatic rings. The number of carbonyl (C=O) groups is 2. The Hall–Kier alpha value is -2.32. The number of nitrogens with one attached hydrogen (secondary N) is 2. The Labute approximate surface area is 184 Å². The third-order valence-corrected chi connectivity index (χ3v) is 5.35. The number of nitrogens with zero attached hydrogens (tertiary/aromatic N) is 1. The maximum atomic E-state index is 13.2. The first-order valence-electron chi connectivity index (χ1n) is 9.53. The first-order chi connectivity index (χ1) is 14.2. The zero-order valence-electron chi connectivity index (χ0n) is 16.6. The van der Waals surface area contributed by atoms with Gasteiger partial charge in [-0.25, -0.2) is 4.79 Å². The molecular weight excluding hydrogens is 429 g/mol. The molecule has 30 heavy (non-hydrogen) atoms. The molecule has 9 heteroatoms. The van der Waals surface area contributed by atoms with E-state index in [1.807, 2.05) is 13.8 Å². The van der Waals surface area contributed by atoms with E-state index in [1.54, 1.807) is 24.3 Å². The van der Waals surface area contributed by atoms with Crippen LogP contribution in [0, 0.1) is 0 Å². The van der Waals surface area contributed by atoms with Crippen LogP contribution in [0.5, 0.6) is 0 Å². The highest BCUT2D eigenvalue weighted by Crippen LogP contribution is 2.41. The molecule has 0 fully saturated rings. The number of carbonyl (C=O) groups excluding carboxylic acids is 2. The molecule has 0 aliphatic carbocycles. The minimum Gasteiger partial charge on any atom is -0.379 e. The Balaban J connectivity index is 1.95. The predicted octanol–water partition coefficient (Wildman–Crippen LogP) is 4.12. The van der Waals surface area contributed by atoms with Crippen LogP contribution in [0.4, 0.5) is 16.2 Å². The SMILES string of the molecule is CC(C)OCCCNC(=O)C1(O)c2ccccc2NC(=O)N1c1ccc(Cl)c(Cl)c1. The van der Waals surface area contributed by atoms with Crippen LogP contribution < -0.4 is 15.5 Å². The molecule has 2 aromatic rings. The minimum atomic E-state index is -2.28. The summed E-state index contributed by atoms with van der Waals surface area (Å²) in [6, 6.07) is 10.3. The molecule has 0 bridgehead atoms. The summed E-state index contributed by atoms with van der Waals surface area (Å²) in [5, 5.41) is 17.5. The fourth-order valence-corrected chi connectivity index (χ4v) is 3.50. The van der Waals surface area contributed by atoms with Crippen LogP contribution in [0.3, 0.4) is 0 Å². The molecule has 0 radical (unpaired) electrons. The molecule has 1 heterocycles. The van der Waals surface area contributed by atoms with Crippen molar-refractivity contribution in [3.8, 4) is 0 Å². The molecule has 3 amide bonds. The van der Waals surface area contributed by atoms with Crippen molar-refractivity contribution >= 4 is 46.5 Å². The number of hydrogen-bond donors (Lipinski definition) is 3. The van der Waals surface area contributed by atoms with Gasteiger partial charge in [-0.2, -0.15) is 0 Å². The van der Waals surface area contributed by atoms with Crippen LogP contribution >= 0.6 is 23.2 Å². The molecular formula is C21H23Cl2N3O4. The first-order valence-corrected chi connectivity index (χ1v) is 10.3. The van der Waals surface area contributed by atoms with Crippen molar-refractivity contribution in [3.63, 3.8) is 0 Å². The monoisotopic (exact) mass is 451 g/mol. The topological polar surface area (TPSA) is 90.9 Å². The average molecular weight is 452 g/mol. The second-order valence-corrected chi connectivity index (χ2v) is 7.93. The summed E-state index contributed by atoms with van der Waals surface area (Å²) in [6.07, 6.45) is 0.643. The number of amides is 3. The number of halogens is 2. The van der Waals surface area contributed by atoms with Crippen LogP contribution in [0.1, 0.15) is 25.8 Å². The Bertz CT molecular complexity index is 954. The quantitative estimate of drug-likeness (QED) is 0.552. The van der Waals surface area contributed by atoms with Gasteiger partial charge in [0, 0.05) is 18.7 Å². The van der Waals surface area contributed by atoms with Gasteiger partial charge in [-0.05, 0) is 44.5 Å². The van der Waals surface area contributed by atoms with E-state index in [4.69, 9.17) is 27.9 Å². The molecule has 1 aliphatic heterocycles. The highest BCUT2D eigenvalue weighted by Gasteiger charge is 2.51. The second-order valence-electron chi connectivity index (χ2n) is 7.11. The lowest BCUT2D eigenvalue weighted by Crippen LogP contribution is -2.62. The van der Waals surface area contributed by atoms with E-state index < -0.39 is 17.7 Å². The highest BCUT2D eigenvalue weighted by atomic mass is 35.5. The van der Waals surface area contributed by atoms with Gasteiger partial charge < -0.3 is 20.5 Å². The third-order valence-electron chi connectivity index (χ3n) is 4.61. The number of ether oxygens (including phenoxy) is 1. The van der Waals surface area contributed by atoms with Crippen LogP contribution in [0.15, 0.2) is 42.5 Å². The third kappa shape index (κ3) is 4.39. The maximum Gasteiger partial charge on any atom is 0.329 e. The van der Waals surface area contributed by atoms with Crippen LogP contribution in [0.2, 0.25) is 10.0 Å². The highest BCUT2D eigenvalue weighted by molar-refractivity contribution is 6.42. The summed E-state index contributed by atoms with van der Waals surface area (Å²) in [5.74, 6) is -0.736. The van der Waals surface area contributed by atoms with Crippen LogP contribution in [0.25, 0.3) is 0 Å². The van der Waals surface area contributed by atoms with Crippen molar-refractivity contribution in [1.29, 1.82) is 0 Å². The number of aliphatic hydroxyl groups is 1. The van der Waals surface area contributed by atoms with Gasteiger partial charge in [-0.15, -0.1) is 0 Å². The molecule has 160 valence electrons. The van der Waals surface area contributed by atoms with E-state index >= 15 is 0 Å². The van der Waals surface area contributed by atoms with Crippen LogP contribution in [-0.4, -0.2) is 36.3 Å². The lowest BCUT2D eigenvalue weighted by atomic mass is 9.95. The van der Waals surface area contributed by atoms with E-state index in [0.717, 1.165) is 4.90 Å². The molecule has 0 saturated carbocycles. The zero-order chi connectivity index (χ0) is 21.9. The normalized spacial score (nSPS) is 18.2. The summed E-state index contributed by atoms with van der Waals surface area (Å²) in [5.41, 5.74) is -1.47. The minimum absolute atomic E-state index is 0.0870. The van der Waals surface area contributed by atoms with Crippen molar-refractivity contribution in [2.75, 3.05) is 23.4 Å². The standard InChI is InChI=1S/C21H23Cl2N3O4/c1-13(2)30-11-5-10-24-19(27)21(29)15-6-3-4-7-18(15)25-20(28)26(21)14-8-9-16(22)17(23)12-14/h3-4,6-9,12-13,29H,5,10-11H2,1-2H3,(H,24,27)(H,25,28). The fraction of sp³-hybridized carbons (Fsp3) is 0.333. The molecule has 3 N–H and O–H groups in total. The van der Waals surface area contributed by atoms with Gasteiger partial charge in [0.05, 0.1) is 27.5 Å². The predicted molar refractivity (Wildman–Crippen MR) is 117 cm³/mol. The lowest BCUT2D eigenvalue weighted by molar-refractivity contribution is -0.140. The zero-order valence-corrected chi connectivity index (χ0v) is 18.1. The Morgan fingerprint density at radius 1 is 1.23 bits per heavy atom. The van der Waals surface area contributed by atoms with E-state index in [2.05, 4.69) is 10.6 Å². The maximum absolute atomic E-state index is 13.2. The summed E-state index contributed by atoms with van der Waals surface area (Å²) in [4.78, 5) is 27.1. The smallest absolute Gasteiger partial charge is 0.329 e. The van der Waals surface area contributed by atoms with Gasteiger partial charge in [-0.1, -0.05) is 41.4 Å². The summed E-state index contributed by atoms with van der Waals surface area (Å²) < 4.78 is 5.47. The van der Waals surface area contributed by atoms with Crippen LogP contribution in [-0.2, 0) is 15.3 Å². The number of fused-ring (bicyclic) bond motifs is 1. The lowest BCUT2D eigenvalue weighted by Gasteiger charge is -2.42. The van der Waals surface area contributed by atoms with Gasteiger partial charge in [0.1, 0.15) is 0 Å². The average Bonchev–Trinajstić information content (AvgIpc) is 2.70. The van der Waals surface area contributed by atoms with Gasteiger partial charge in [0.2, 0.25) is 0 Å². The Morgan fingerprint density at radius 2 is 1.97 bits per heavy atom. The number of rotatable bonds is 7. The van der Waals surface area contributed by atoms with Crippen molar-refractivity contribution < 1.29 is 19.4 Å². The largest absolute Gasteiger partial charge is 0.379 e. The Morgan fingerprint density at radius 3 is 2.67 bits per heavy atom. The summed E-state index contributed by atoms with van der Waals surface area (Å²) >= 11 is 12.1. The van der Waals surface area contributed by atoms with Gasteiger partial charge in [-0.3, -0.25) is 9.69 Å². The van der Waals surface area contributed by atoms with Crippen molar-refractivity contribution in [3.05, 3.63) is 58.1 Å². The second kappa shape index (κ2) is 9.22. The van der Waals surface area contributed by atoms with Gasteiger partial charge >= 0.3 is 6.03 Å². The van der Waals surface area contributed by atoms with E-state index in [1.165, 1.54) is 18.2 Å². The number of hydrogen-bond acceptors (Lipinski definition) is 4. The molecule has 2 aromatic carbocycles. The fourth-order valence-electron chi connectivity index (χ4n) is 3.20. The molecule has 1 atom stereocenters. The molecule has 7 nitrogen and oxygen atoms in total. The molecule has 0 spiro atoms. The summed E-state index contributed by atoms with van der Waals surface area (Å²) in [6.45, 7) is 4.58. The summed E-state index contributed by atoms with van der Waals surface area (Å²) in [7, 11) is 0. The number of urea groups is 1. The van der Waals surface area contributed by atoms with Crippen molar-refractivity contribution in [2.45, 2.75) is 32.1 Å². The van der Waals surface area contributed by atoms with Crippen molar-refractivity contribution in [1.82, 2.24) is 5.32 Å². The van der Waals surface area contributed by atoms with Gasteiger partial charge in [0.15, 0.2) is 0 Å². The van der Waals surface area contributed by atoms with Gasteiger partial charge in [0.25, 0.3) is 11.6 Å². The van der Waals surface area contributed by atoms with E-state index in [-0.39, 0.29) is 33.9 Å². The van der Waals surface area contributed by atoms with Crippen molar-refractivity contribution in [2.24, 2.45) is 0 Å². The Kier molecular flexibility index (Phi) is 6.88. The van der Waals surface area contributed by atoms with E-state index in [0.29, 0.717) is 18.7 Å². The molecule has 1 unspecified atom stereocenters. The van der Waals surface area contributed by atoms with E-state index in [9.17, 15) is 14.7 Å². The number of para-hydroxylation sites is 1. The molecule has 3 rings (SSSR count).